The lowest BCUT2D eigenvalue weighted by atomic mass is 9.89. The number of rotatable bonds is 6. The summed E-state index contributed by atoms with van der Waals surface area (Å²) in [5.41, 5.74) is 1.66. The van der Waals surface area contributed by atoms with Gasteiger partial charge >= 0.3 is 12.1 Å². The standard InChI is InChI=1S/C27H26F3N3O4/c1-37-26(36)20-4-2-17(3-5-20)16-24(34)33-14-12-19(13-15-33)18-6-8-21(9-7-18)31-25(35)22-10-11-23(32-22)27(28,29)30/h2-11,19,32H,12-16H2,1H3,(H,31,35). The molecule has 1 saturated heterocycles. The molecule has 0 radical (unpaired) electrons. The second-order valence-corrected chi connectivity index (χ2v) is 8.88. The molecule has 0 spiro atoms. The van der Waals surface area contributed by atoms with Gasteiger partial charge in [0.15, 0.2) is 0 Å². The summed E-state index contributed by atoms with van der Waals surface area (Å²) in [7, 11) is 1.32. The van der Waals surface area contributed by atoms with Gasteiger partial charge in [-0.05, 0) is 66.3 Å². The van der Waals surface area contributed by atoms with E-state index >= 15 is 0 Å². The number of alkyl halides is 3. The SMILES string of the molecule is COC(=O)c1ccc(CC(=O)N2CCC(c3ccc(NC(=O)c4ccc(C(F)(F)F)[nH]4)cc3)CC2)cc1. The number of anilines is 1. The van der Waals surface area contributed by atoms with Crippen LogP contribution in [0, 0.1) is 0 Å². The van der Waals surface area contributed by atoms with Crippen LogP contribution in [0.15, 0.2) is 60.7 Å². The number of hydrogen-bond donors (Lipinski definition) is 2. The topological polar surface area (TPSA) is 91.5 Å². The smallest absolute Gasteiger partial charge is 0.431 e. The number of halogens is 3. The molecular weight excluding hydrogens is 487 g/mol. The number of ether oxygens (including phenoxy) is 1. The van der Waals surface area contributed by atoms with Gasteiger partial charge in [-0.3, -0.25) is 9.59 Å². The molecule has 2 heterocycles. The number of carbonyl (C=O) groups excluding carboxylic acids is 3. The summed E-state index contributed by atoms with van der Waals surface area (Å²) in [5, 5.41) is 2.60. The van der Waals surface area contributed by atoms with Crippen molar-refractivity contribution in [2.24, 2.45) is 0 Å². The first-order valence-corrected chi connectivity index (χ1v) is 11.8. The molecule has 0 bridgehead atoms. The number of likely N-dealkylation sites (tertiary alicyclic amines) is 1. The lowest BCUT2D eigenvalue weighted by Crippen LogP contribution is -2.38. The number of methoxy groups -OCH3 is 1. The zero-order valence-corrected chi connectivity index (χ0v) is 20.1. The molecule has 1 aromatic heterocycles. The lowest BCUT2D eigenvalue weighted by Gasteiger charge is -2.32. The predicted molar refractivity (Wildman–Crippen MR) is 130 cm³/mol. The molecule has 7 nitrogen and oxygen atoms in total. The van der Waals surface area contributed by atoms with Gasteiger partial charge in [0.2, 0.25) is 5.91 Å². The summed E-state index contributed by atoms with van der Waals surface area (Å²) in [4.78, 5) is 40.5. The molecule has 0 unspecified atom stereocenters. The number of hydrogen-bond acceptors (Lipinski definition) is 4. The first-order chi connectivity index (χ1) is 17.6. The molecule has 4 rings (SSSR count). The molecule has 0 aliphatic carbocycles. The van der Waals surface area contributed by atoms with Crippen molar-refractivity contribution in [2.75, 3.05) is 25.5 Å². The minimum atomic E-state index is -4.54. The van der Waals surface area contributed by atoms with Crippen molar-refractivity contribution < 1.29 is 32.3 Å². The van der Waals surface area contributed by atoms with E-state index in [0.717, 1.165) is 36.1 Å². The Morgan fingerprint density at radius 3 is 2.19 bits per heavy atom. The maximum absolute atomic E-state index is 12.7. The maximum atomic E-state index is 12.7. The van der Waals surface area contributed by atoms with Crippen molar-refractivity contribution >= 4 is 23.5 Å². The molecule has 3 aromatic rings. The van der Waals surface area contributed by atoms with E-state index in [4.69, 9.17) is 0 Å². The normalized spacial score (nSPS) is 14.3. The number of esters is 1. The van der Waals surface area contributed by atoms with Crippen LogP contribution in [0.3, 0.4) is 0 Å². The minimum Gasteiger partial charge on any atom is -0.465 e. The van der Waals surface area contributed by atoms with Gasteiger partial charge in [0.25, 0.3) is 5.91 Å². The van der Waals surface area contributed by atoms with Crippen molar-refractivity contribution in [2.45, 2.75) is 31.4 Å². The molecule has 1 aliphatic heterocycles. The number of nitrogens with zero attached hydrogens (tertiary/aromatic N) is 1. The Balaban J connectivity index is 1.27. The van der Waals surface area contributed by atoms with Crippen LogP contribution in [0.25, 0.3) is 0 Å². The predicted octanol–water partition coefficient (Wildman–Crippen LogP) is 5.02. The van der Waals surface area contributed by atoms with Crippen molar-refractivity contribution in [1.82, 2.24) is 9.88 Å². The summed E-state index contributed by atoms with van der Waals surface area (Å²) in [6, 6.07) is 15.9. The summed E-state index contributed by atoms with van der Waals surface area (Å²) in [6.07, 6.45) is -2.70. The molecular formula is C27H26F3N3O4. The number of amides is 2. The lowest BCUT2D eigenvalue weighted by molar-refractivity contribution is -0.140. The van der Waals surface area contributed by atoms with Gasteiger partial charge in [-0.1, -0.05) is 24.3 Å². The van der Waals surface area contributed by atoms with E-state index in [0.29, 0.717) is 24.3 Å². The first-order valence-electron chi connectivity index (χ1n) is 11.8. The summed E-state index contributed by atoms with van der Waals surface area (Å²) in [6.45, 7) is 1.24. The number of H-pyrrole nitrogens is 1. The number of piperidine rings is 1. The molecule has 0 saturated carbocycles. The average Bonchev–Trinajstić information content (AvgIpc) is 3.41. The largest absolute Gasteiger partial charge is 0.465 e. The third kappa shape index (κ3) is 6.38. The van der Waals surface area contributed by atoms with E-state index in [1.54, 1.807) is 36.4 Å². The fourth-order valence-corrected chi connectivity index (χ4v) is 4.36. The molecule has 2 N–H and O–H groups in total. The van der Waals surface area contributed by atoms with Crippen LogP contribution in [-0.4, -0.2) is 47.9 Å². The number of aromatic amines is 1. The van der Waals surface area contributed by atoms with E-state index < -0.39 is 23.7 Å². The number of nitrogens with one attached hydrogen (secondary N) is 2. The van der Waals surface area contributed by atoms with Crippen LogP contribution in [0.4, 0.5) is 18.9 Å². The molecule has 1 fully saturated rings. The molecule has 0 atom stereocenters. The molecule has 2 amide bonds. The third-order valence-corrected chi connectivity index (χ3v) is 6.45. The highest BCUT2D eigenvalue weighted by Crippen LogP contribution is 2.30. The molecule has 37 heavy (non-hydrogen) atoms. The minimum absolute atomic E-state index is 0.0281. The van der Waals surface area contributed by atoms with Gasteiger partial charge in [0.1, 0.15) is 11.4 Å². The van der Waals surface area contributed by atoms with E-state index in [1.165, 1.54) is 7.11 Å². The average molecular weight is 514 g/mol. The Morgan fingerprint density at radius 1 is 0.973 bits per heavy atom. The molecule has 194 valence electrons. The highest BCUT2D eigenvalue weighted by Gasteiger charge is 2.32. The van der Waals surface area contributed by atoms with Crippen molar-refractivity contribution in [3.63, 3.8) is 0 Å². The van der Waals surface area contributed by atoms with Crippen LogP contribution in [0.1, 0.15) is 56.4 Å². The number of benzene rings is 2. The molecule has 2 aromatic carbocycles. The Bertz CT molecular complexity index is 1260. The maximum Gasteiger partial charge on any atom is 0.431 e. The number of carbonyl (C=O) groups is 3. The second kappa shape index (κ2) is 10.9. The quantitative estimate of drug-likeness (QED) is 0.453. The Kier molecular flexibility index (Phi) is 7.66. The Hall–Kier alpha value is -4.08. The fourth-order valence-electron chi connectivity index (χ4n) is 4.36. The van der Waals surface area contributed by atoms with Crippen LogP contribution in [0.5, 0.6) is 0 Å². The monoisotopic (exact) mass is 513 g/mol. The molecule has 1 aliphatic rings. The van der Waals surface area contributed by atoms with Crippen LogP contribution in [-0.2, 0) is 22.1 Å². The third-order valence-electron chi connectivity index (χ3n) is 6.45. The van der Waals surface area contributed by atoms with Gasteiger partial charge in [-0.25, -0.2) is 4.79 Å². The highest BCUT2D eigenvalue weighted by atomic mass is 19.4. The van der Waals surface area contributed by atoms with Crippen molar-refractivity contribution in [3.05, 3.63) is 88.7 Å². The second-order valence-electron chi connectivity index (χ2n) is 8.88. The van der Waals surface area contributed by atoms with Gasteiger partial charge in [0, 0.05) is 18.8 Å². The Morgan fingerprint density at radius 2 is 1.62 bits per heavy atom. The summed E-state index contributed by atoms with van der Waals surface area (Å²) in [5.74, 6) is -0.795. The van der Waals surface area contributed by atoms with Crippen LogP contribution < -0.4 is 5.32 Å². The van der Waals surface area contributed by atoms with E-state index in [1.807, 2.05) is 17.0 Å². The zero-order chi connectivity index (χ0) is 26.6. The number of aromatic nitrogens is 1. The van der Waals surface area contributed by atoms with Crippen molar-refractivity contribution in [3.8, 4) is 0 Å². The molecule has 10 heteroatoms. The van der Waals surface area contributed by atoms with Gasteiger partial charge < -0.3 is 19.9 Å². The van der Waals surface area contributed by atoms with Crippen LogP contribution >= 0.6 is 0 Å². The highest BCUT2D eigenvalue weighted by molar-refractivity contribution is 6.03. The van der Waals surface area contributed by atoms with E-state index in [2.05, 4.69) is 15.0 Å². The van der Waals surface area contributed by atoms with Crippen LogP contribution in [0.2, 0.25) is 0 Å². The Labute approximate surface area is 211 Å². The first kappa shape index (κ1) is 26.0. The van der Waals surface area contributed by atoms with Gasteiger partial charge in [-0.15, -0.1) is 0 Å². The van der Waals surface area contributed by atoms with E-state index in [-0.39, 0.29) is 23.9 Å². The van der Waals surface area contributed by atoms with Gasteiger partial charge in [0.05, 0.1) is 19.1 Å². The summed E-state index contributed by atoms with van der Waals surface area (Å²) >= 11 is 0. The summed E-state index contributed by atoms with van der Waals surface area (Å²) < 4.78 is 42.9. The zero-order valence-electron chi connectivity index (χ0n) is 20.1. The van der Waals surface area contributed by atoms with Gasteiger partial charge in [-0.2, -0.15) is 13.2 Å². The van der Waals surface area contributed by atoms with Crippen molar-refractivity contribution in [1.29, 1.82) is 0 Å². The fraction of sp³-hybridized carbons (Fsp3) is 0.296. The van der Waals surface area contributed by atoms with E-state index in [9.17, 15) is 27.6 Å².